The Morgan fingerprint density at radius 3 is 3.10 bits per heavy atom. The molecule has 0 saturated carbocycles. The number of hydrogen-bond donors (Lipinski definition) is 1. The van der Waals surface area contributed by atoms with Gasteiger partial charge in [-0.05, 0) is 31.5 Å². The van der Waals surface area contributed by atoms with Crippen LogP contribution >= 0.6 is 11.3 Å². The van der Waals surface area contributed by atoms with E-state index in [0.717, 1.165) is 34.8 Å². The molecule has 2 aliphatic rings. The topological polar surface area (TPSA) is 92.3 Å². The monoisotopic (exact) mass is 409 g/mol. The summed E-state index contributed by atoms with van der Waals surface area (Å²) in [7, 11) is 1.62. The lowest BCUT2D eigenvalue weighted by atomic mass is 10.1. The molecule has 0 fully saturated rings. The lowest BCUT2D eigenvalue weighted by Gasteiger charge is -2.18. The highest BCUT2D eigenvalue weighted by atomic mass is 32.1. The fourth-order valence-electron chi connectivity index (χ4n) is 3.60. The van der Waals surface area contributed by atoms with Gasteiger partial charge in [-0.1, -0.05) is 18.3 Å². The number of ether oxygens (including phenoxy) is 1. The fourth-order valence-corrected chi connectivity index (χ4v) is 4.49. The first-order valence-electron chi connectivity index (χ1n) is 9.35. The van der Waals surface area contributed by atoms with Crippen molar-refractivity contribution in [3.05, 3.63) is 35.1 Å². The van der Waals surface area contributed by atoms with Crippen molar-refractivity contribution in [1.29, 1.82) is 0 Å². The van der Waals surface area contributed by atoms with Crippen LogP contribution in [-0.2, 0) is 0 Å². The molecule has 1 amide bonds. The van der Waals surface area contributed by atoms with Crippen molar-refractivity contribution >= 4 is 50.7 Å². The van der Waals surface area contributed by atoms with Gasteiger partial charge in [-0.2, -0.15) is 0 Å². The Bertz CT molecular complexity index is 1190. The van der Waals surface area contributed by atoms with Crippen molar-refractivity contribution < 1.29 is 13.9 Å². The number of methoxy groups -OCH3 is 1. The molecule has 0 radical (unpaired) electrons. The first kappa shape index (κ1) is 17.9. The van der Waals surface area contributed by atoms with Crippen LogP contribution in [0.1, 0.15) is 35.0 Å². The van der Waals surface area contributed by atoms with E-state index in [1.54, 1.807) is 20.4 Å². The van der Waals surface area contributed by atoms with Gasteiger partial charge in [-0.25, -0.2) is 9.98 Å². The lowest BCUT2D eigenvalue weighted by Crippen LogP contribution is -2.31. The number of hydrogen-bond acceptors (Lipinski definition) is 8. The molecule has 148 valence electrons. The molecule has 9 heteroatoms. The minimum Gasteiger partial charge on any atom is -0.497 e. The smallest absolute Gasteiger partial charge is 0.261 e. The second-order valence-corrected chi connectivity index (χ2v) is 7.96. The van der Waals surface area contributed by atoms with E-state index < -0.39 is 0 Å². The number of carbonyl (C=O) groups is 1. The van der Waals surface area contributed by atoms with E-state index in [9.17, 15) is 4.79 Å². The molecule has 1 aromatic carbocycles. The summed E-state index contributed by atoms with van der Waals surface area (Å²) in [5, 5.41) is 3.43. The van der Waals surface area contributed by atoms with Crippen molar-refractivity contribution in [3.63, 3.8) is 0 Å². The largest absolute Gasteiger partial charge is 0.497 e. The molecule has 0 saturated heterocycles. The molecule has 2 aromatic heterocycles. The van der Waals surface area contributed by atoms with Gasteiger partial charge in [-0.3, -0.25) is 15.1 Å². The van der Waals surface area contributed by atoms with E-state index in [4.69, 9.17) is 14.1 Å². The van der Waals surface area contributed by atoms with Gasteiger partial charge in [0, 0.05) is 6.54 Å². The van der Waals surface area contributed by atoms with Crippen LogP contribution in [0.2, 0.25) is 0 Å². The SMILES string of the molecule is CCC1CN2C=Nc3oc(C)c(C(=O)Nc4nc5ccc(OC)cc5s4)c3C2=N1. The average Bonchev–Trinajstić information content (AvgIpc) is 3.39. The summed E-state index contributed by atoms with van der Waals surface area (Å²) in [6.45, 7) is 4.63. The predicted octanol–water partition coefficient (Wildman–Crippen LogP) is 3.97. The van der Waals surface area contributed by atoms with Crippen molar-refractivity contribution in [2.45, 2.75) is 26.3 Å². The minimum atomic E-state index is -0.279. The van der Waals surface area contributed by atoms with Crippen LogP contribution in [0.3, 0.4) is 0 Å². The van der Waals surface area contributed by atoms with Gasteiger partial charge in [0.25, 0.3) is 5.91 Å². The standard InChI is InChI=1S/C20H19N5O3S/c1-4-11-8-25-9-21-19-16(17(25)22-11)15(10(2)28-19)18(26)24-20-23-13-6-5-12(27-3)7-14(13)29-20/h5-7,9,11H,4,8H2,1-3H3,(H,23,24,26). The molecule has 5 rings (SSSR count). The molecule has 29 heavy (non-hydrogen) atoms. The molecule has 2 aliphatic heterocycles. The number of aryl methyl sites for hydroxylation is 1. The summed E-state index contributed by atoms with van der Waals surface area (Å²) in [5.41, 5.74) is 1.91. The number of aromatic nitrogens is 1. The number of carbonyl (C=O) groups excluding carboxylic acids is 1. The quantitative estimate of drug-likeness (QED) is 0.704. The number of amides is 1. The Morgan fingerprint density at radius 1 is 1.45 bits per heavy atom. The zero-order valence-corrected chi connectivity index (χ0v) is 17.0. The van der Waals surface area contributed by atoms with Crippen molar-refractivity contribution in [2.75, 3.05) is 19.0 Å². The molecular formula is C20H19N5O3S. The van der Waals surface area contributed by atoms with Gasteiger partial charge in [0.15, 0.2) is 5.13 Å². The molecule has 4 heterocycles. The van der Waals surface area contributed by atoms with Crippen LogP contribution in [-0.4, -0.2) is 47.7 Å². The second kappa shape index (κ2) is 6.70. The number of thiazole rings is 1. The maximum atomic E-state index is 13.2. The second-order valence-electron chi connectivity index (χ2n) is 6.93. The third-order valence-electron chi connectivity index (χ3n) is 5.10. The number of nitrogens with one attached hydrogen (secondary N) is 1. The van der Waals surface area contributed by atoms with Crippen LogP contribution in [0.25, 0.3) is 10.2 Å². The van der Waals surface area contributed by atoms with Crippen LogP contribution in [0.4, 0.5) is 11.0 Å². The predicted molar refractivity (Wildman–Crippen MR) is 113 cm³/mol. The van der Waals surface area contributed by atoms with Gasteiger partial charge in [-0.15, -0.1) is 0 Å². The number of rotatable bonds is 4. The number of benzene rings is 1. The first-order valence-corrected chi connectivity index (χ1v) is 10.2. The van der Waals surface area contributed by atoms with Gasteiger partial charge in [0.1, 0.15) is 23.7 Å². The lowest BCUT2D eigenvalue weighted by molar-refractivity contribution is 0.102. The van der Waals surface area contributed by atoms with E-state index in [-0.39, 0.29) is 11.9 Å². The molecule has 0 spiro atoms. The highest BCUT2D eigenvalue weighted by Gasteiger charge is 2.36. The number of fused-ring (bicyclic) bond motifs is 4. The normalized spacial score (nSPS) is 17.3. The Balaban J connectivity index is 1.50. The zero-order valence-electron chi connectivity index (χ0n) is 16.2. The number of aliphatic imine (C=N–C) groups is 2. The number of anilines is 1. The van der Waals surface area contributed by atoms with Crippen molar-refractivity contribution in [3.8, 4) is 5.75 Å². The average molecular weight is 409 g/mol. The summed E-state index contributed by atoms with van der Waals surface area (Å²) in [6, 6.07) is 5.81. The Hall–Kier alpha value is -3.20. The first-order chi connectivity index (χ1) is 14.1. The summed E-state index contributed by atoms with van der Waals surface area (Å²) in [4.78, 5) is 28.8. The Morgan fingerprint density at radius 2 is 2.31 bits per heavy atom. The van der Waals surface area contributed by atoms with E-state index >= 15 is 0 Å². The zero-order chi connectivity index (χ0) is 20.1. The minimum absolute atomic E-state index is 0.188. The third kappa shape index (κ3) is 2.89. The van der Waals surface area contributed by atoms with Crippen molar-refractivity contribution in [2.24, 2.45) is 9.98 Å². The number of amidine groups is 1. The summed E-state index contributed by atoms with van der Waals surface area (Å²) >= 11 is 1.40. The van der Waals surface area contributed by atoms with Gasteiger partial charge < -0.3 is 14.1 Å². The summed E-state index contributed by atoms with van der Waals surface area (Å²) in [6.07, 6.45) is 2.65. The molecule has 0 bridgehead atoms. The highest BCUT2D eigenvalue weighted by Crippen LogP contribution is 2.36. The van der Waals surface area contributed by atoms with Crippen LogP contribution < -0.4 is 10.1 Å². The van der Waals surface area contributed by atoms with E-state index in [2.05, 4.69) is 22.2 Å². The molecule has 8 nitrogen and oxygen atoms in total. The van der Waals surface area contributed by atoms with Gasteiger partial charge in [0.2, 0.25) is 5.88 Å². The molecule has 1 unspecified atom stereocenters. The maximum absolute atomic E-state index is 13.2. The molecule has 1 atom stereocenters. The molecule has 0 aliphatic carbocycles. The van der Waals surface area contributed by atoms with E-state index in [1.807, 2.05) is 23.1 Å². The van der Waals surface area contributed by atoms with Crippen LogP contribution in [0, 0.1) is 6.92 Å². The fraction of sp³-hybridized carbons (Fsp3) is 0.300. The van der Waals surface area contributed by atoms with E-state index in [1.165, 1.54) is 11.3 Å². The number of nitrogens with zero attached hydrogens (tertiary/aromatic N) is 4. The molecule has 3 aromatic rings. The molecule has 1 N–H and O–H groups in total. The van der Waals surface area contributed by atoms with Gasteiger partial charge >= 0.3 is 0 Å². The third-order valence-corrected chi connectivity index (χ3v) is 6.04. The van der Waals surface area contributed by atoms with Crippen LogP contribution in [0.15, 0.2) is 32.6 Å². The maximum Gasteiger partial charge on any atom is 0.261 e. The van der Waals surface area contributed by atoms with Gasteiger partial charge in [0.05, 0.1) is 34.5 Å². The van der Waals surface area contributed by atoms with Crippen molar-refractivity contribution in [1.82, 2.24) is 9.88 Å². The Labute approximate surface area is 170 Å². The number of furan rings is 1. The summed E-state index contributed by atoms with van der Waals surface area (Å²) in [5.74, 6) is 2.16. The summed E-state index contributed by atoms with van der Waals surface area (Å²) < 4.78 is 12.0. The van der Waals surface area contributed by atoms with Crippen LogP contribution in [0.5, 0.6) is 5.75 Å². The molecular weight excluding hydrogens is 390 g/mol. The Kier molecular flexibility index (Phi) is 4.13. The highest BCUT2D eigenvalue weighted by molar-refractivity contribution is 7.22. The van der Waals surface area contributed by atoms with E-state index in [0.29, 0.717) is 27.9 Å².